The molecular weight excluding hydrogens is 252 g/mol. The molecule has 1 aliphatic carbocycles. The van der Waals surface area contributed by atoms with Crippen molar-refractivity contribution in [3.63, 3.8) is 0 Å². The summed E-state index contributed by atoms with van der Waals surface area (Å²) in [6, 6.07) is 6.59. The Hall–Kier alpha value is -0.640. The molecule has 1 N–H and O–H groups in total. The first-order valence-corrected chi connectivity index (χ1v) is 7.29. The second kappa shape index (κ2) is 4.92. The SMILES string of the molecule is Clc1ccc2nc(CNC3CCCC3)sc2c1. The number of thiazole rings is 1. The van der Waals surface area contributed by atoms with Crippen molar-refractivity contribution in [1.29, 1.82) is 0 Å². The number of aromatic nitrogens is 1. The molecular formula is C13H15ClN2S. The second-order valence-corrected chi connectivity index (χ2v) is 6.13. The van der Waals surface area contributed by atoms with Gasteiger partial charge in [-0.05, 0) is 31.0 Å². The van der Waals surface area contributed by atoms with E-state index in [4.69, 9.17) is 11.6 Å². The lowest BCUT2D eigenvalue weighted by Crippen LogP contribution is -2.25. The molecule has 0 aliphatic heterocycles. The first kappa shape index (κ1) is 11.5. The fraction of sp³-hybridized carbons (Fsp3) is 0.462. The number of nitrogens with zero attached hydrogens (tertiary/aromatic N) is 1. The smallest absolute Gasteiger partial charge is 0.108 e. The molecule has 1 saturated carbocycles. The predicted octanol–water partition coefficient (Wildman–Crippen LogP) is 3.98. The van der Waals surface area contributed by atoms with E-state index < -0.39 is 0 Å². The van der Waals surface area contributed by atoms with Gasteiger partial charge in [-0.25, -0.2) is 4.98 Å². The van der Waals surface area contributed by atoms with Crippen molar-refractivity contribution in [2.45, 2.75) is 38.3 Å². The molecule has 0 unspecified atom stereocenters. The molecule has 1 aliphatic rings. The van der Waals surface area contributed by atoms with Crippen LogP contribution in [-0.2, 0) is 6.54 Å². The number of nitrogens with one attached hydrogen (secondary N) is 1. The lowest BCUT2D eigenvalue weighted by atomic mass is 10.2. The fourth-order valence-electron chi connectivity index (χ4n) is 2.38. The maximum Gasteiger partial charge on any atom is 0.108 e. The van der Waals surface area contributed by atoms with Gasteiger partial charge in [-0.1, -0.05) is 24.4 Å². The van der Waals surface area contributed by atoms with Gasteiger partial charge < -0.3 is 5.32 Å². The van der Waals surface area contributed by atoms with Crippen molar-refractivity contribution in [3.8, 4) is 0 Å². The third-order valence-corrected chi connectivity index (χ3v) is 4.55. The molecule has 1 aromatic heterocycles. The second-order valence-electron chi connectivity index (χ2n) is 4.58. The van der Waals surface area contributed by atoms with Crippen molar-refractivity contribution >= 4 is 33.2 Å². The van der Waals surface area contributed by atoms with E-state index in [9.17, 15) is 0 Å². The molecule has 1 aromatic carbocycles. The molecule has 2 aromatic rings. The van der Waals surface area contributed by atoms with Crippen LogP contribution in [0, 0.1) is 0 Å². The van der Waals surface area contributed by atoms with Gasteiger partial charge in [-0.2, -0.15) is 0 Å². The van der Waals surface area contributed by atoms with Gasteiger partial charge in [0.2, 0.25) is 0 Å². The minimum atomic E-state index is 0.700. The molecule has 4 heteroatoms. The molecule has 0 saturated heterocycles. The van der Waals surface area contributed by atoms with E-state index >= 15 is 0 Å². The van der Waals surface area contributed by atoms with Gasteiger partial charge in [0.25, 0.3) is 0 Å². The van der Waals surface area contributed by atoms with Crippen LogP contribution in [0.15, 0.2) is 18.2 Å². The molecule has 3 rings (SSSR count). The monoisotopic (exact) mass is 266 g/mol. The molecule has 0 amide bonds. The molecule has 17 heavy (non-hydrogen) atoms. The van der Waals surface area contributed by atoms with Crippen LogP contribution >= 0.6 is 22.9 Å². The Balaban J connectivity index is 1.72. The third kappa shape index (κ3) is 2.62. The quantitative estimate of drug-likeness (QED) is 0.909. The van der Waals surface area contributed by atoms with Crippen LogP contribution in [0.1, 0.15) is 30.7 Å². The van der Waals surface area contributed by atoms with E-state index in [0.717, 1.165) is 22.1 Å². The third-order valence-electron chi connectivity index (χ3n) is 3.29. The Morgan fingerprint density at radius 2 is 2.18 bits per heavy atom. The van der Waals surface area contributed by atoms with Crippen LogP contribution in [0.2, 0.25) is 5.02 Å². The van der Waals surface area contributed by atoms with Gasteiger partial charge in [-0.3, -0.25) is 0 Å². The van der Waals surface area contributed by atoms with Crippen molar-refractivity contribution < 1.29 is 0 Å². The molecule has 0 atom stereocenters. The van der Waals surface area contributed by atoms with Gasteiger partial charge in [-0.15, -0.1) is 11.3 Å². The molecule has 2 nitrogen and oxygen atoms in total. The molecule has 0 spiro atoms. The minimum absolute atomic E-state index is 0.700. The standard InChI is InChI=1S/C13H15ClN2S/c14-9-5-6-11-12(7-9)17-13(16-11)8-15-10-3-1-2-4-10/h5-7,10,15H,1-4,8H2. The van der Waals surface area contributed by atoms with Crippen LogP contribution in [0.3, 0.4) is 0 Å². The minimum Gasteiger partial charge on any atom is -0.308 e. The zero-order chi connectivity index (χ0) is 11.7. The van der Waals surface area contributed by atoms with E-state index in [0.29, 0.717) is 6.04 Å². The van der Waals surface area contributed by atoms with Crippen LogP contribution in [0.25, 0.3) is 10.2 Å². The topological polar surface area (TPSA) is 24.9 Å². The average Bonchev–Trinajstić information content (AvgIpc) is 2.94. The summed E-state index contributed by atoms with van der Waals surface area (Å²) in [6.45, 7) is 0.891. The number of hydrogen-bond acceptors (Lipinski definition) is 3. The van der Waals surface area contributed by atoms with E-state index in [-0.39, 0.29) is 0 Å². The van der Waals surface area contributed by atoms with Gasteiger partial charge in [0.05, 0.1) is 10.2 Å². The van der Waals surface area contributed by atoms with Crippen molar-refractivity contribution in [1.82, 2.24) is 10.3 Å². The fourth-order valence-corrected chi connectivity index (χ4v) is 3.58. The molecule has 0 bridgehead atoms. The summed E-state index contributed by atoms with van der Waals surface area (Å²) >= 11 is 7.71. The number of fused-ring (bicyclic) bond motifs is 1. The Morgan fingerprint density at radius 3 is 3.00 bits per heavy atom. The van der Waals surface area contributed by atoms with E-state index in [2.05, 4.69) is 10.3 Å². The van der Waals surface area contributed by atoms with Crippen LogP contribution in [0.4, 0.5) is 0 Å². The van der Waals surface area contributed by atoms with E-state index in [1.54, 1.807) is 11.3 Å². The van der Waals surface area contributed by atoms with E-state index in [1.807, 2.05) is 18.2 Å². The summed E-state index contributed by atoms with van der Waals surface area (Å²) in [7, 11) is 0. The maximum absolute atomic E-state index is 5.97. The number of rotatable bonds is 3. The summed E-state index contributed by atoms with van der Waals surface area (Å²) < 4.78 is 1.18. The van der Waals surface area contributed by atoms with Crippen molar-refractivity contribution in [3.05, 3.63) is 28.2 Å². The number of halogens is 1. The Morgan fingerprint density at radius 1 is 1.35 bits per heavy atom. The predicted molar refractivity (Wildman–Crippen MR) is 73.7 cm³/mol. The lowest BCUT2D eigenvalue weighted by Gasteiger charge is -2.09. The van der Waals surface area contributed by atoms with Crippen molar-refractivity contribution in [2.75, 3.05) is 0 Å². The van der Waals surface area contributed by atoms with Crippen LogP contribution < -0.4 is 5.32 Å². The molecule has 0 radical (unpaired) electrons. The highest BCUT2D eigenvalue weighted by Gasteiger charge is 2.14. The highest BCUT2D eigenvalue weighted by atomic mass is 35.5. The van der Waals surface area contributed by atoms with Gasteiger partial charge in [0.1, 0.15) is 5.01 Å². The number of benzene rings is 1. The lowest BCUT2D eigenvalue weighted by molar-refractivity contribution is 0.523. The molecule has 1 fully saturated rings. The molecule has 1 heterocycles. The highest BCUT2D eigenvalue weighted by molar-refractivity contribution is 7.18. The van der Waals surface area contributed by atoms with E-state index in [1.165, 1.54) is 30.4 Å². The Bertz CT molecular complexity index is 517. The summed E-state index contributed by atoms with van der Waals surface area (Å²) in [5, 5.41) is 5.54. The summed E-state index contributed by atoms with van der Waals surface area (Å²) in [4.78, 5) is 4.61. The normalized spacial score (nSPS) is 17.0. The van der Waals surface area contributed by atoms with Gasteiger partial charge in [0, 0.05) is 17.6 Å². The number of hydrogen-bond donors (Lipinski definition) is 1. The molecule has 90 valence electrons. The Labute approximate surface area is 110 Å². The van der Waals surface area contributed by atoms with Crippen LogP contribution in [-0.4, -0.2) is 11.0 Å². The van der Waals surface area contributed by atoms with Crippen molar-refractivity contribution in [2.24, 2.45) is 0 Å². The Kier molecular flexibility index (Phi) is 3.32. The first-order valence-electron chi connectivity index (χ1n) is 6.09. The largest absolute Gasteiger partial charge is 0.308 e. The van der Waals surface area contributed by atoms with Gasteiger partial charge in [0.15, 0.2) is 0 Å². The van der Waals surface area contributed by atoms with Crippen LogP contribution in [0.5, 0.6) is 0 Å². The average molecular weight is 267 g/mol. The zero-order valence-electron chi connectivity index (χ0n) is 9.58. The summed E-state index contributed by atoms with van der Waals surface area (Å²) in [6.07, 6.45) is 5.37. The summed E-state index contributed by atoms with van der Waals surface area (Å²) in [5.74, 6) is 0. The highest BCUT2D eigenvalue weighted by Crippen LogP contribution is 2.25. The maximum atomic E-state index is 5.97. The zero-order valence-corrected chi connectivity index (χ0v) is 11.2. The summed E-state index contributed by atoms with van der Waals surface area (Å²) in [5.41, 5.74) is 1.06. The first-order chi connectivity index (χ1) is 8.31. The van der Waals surface area contributed by atoms with Gasteiger partial charge >= 0.3 is 0 Å².